The molecule has 64 heavy (non-hydrogen) atoms. The summed E-state index contributed by atoms with van der Waals surface area (Å²) >= 11 is 0. The van der Waals surface area contributed by atoms with Crippen molar-refractivity contribution in [2.45, 2.75) is 63.5 Å². The van der Waals surface area contributed by atoms with Crippen molar-refractivity contribution in [3.8, 4) is 16.9 Å². The summed E-state index contributed by atoms with van der Waals surface area (Å²) in [6.07, 6.45) is 7.77. The first-order chi connectivity index (χ1) is 30.8. The smallest absolute Gasteiger partial charge is 0.301 e. The van der Waals surface area contributed by atoms with Gasteiger partial charge in [-0.15, -0.1) is 0 Å². The van der Waals surface area contributed by atoms with Crippen LogP contribution in [-0.4, -0.2) is 115 Å². The van der Waals surface area contributed by atoms with E-state index in [4.69, 9.17) is 4.74 Å². The number of aromatic amines is 1. The van der Waals surface area contributed by atoms with Crippen LogP contribution in [0.2, 0.25) is 0 Å². The summed E-state index contributed by atoms with van der Waals surface area (Å²) in [7, 11) is -2.84. The van der Waals surface area contributed by atoms with Crippen molar-refractivity contribution in [1.82, 2.24) is 34.8 Å². The normalized spacial score (nSPS) is 17.8. The molecule has 0 saturated carbocycles. The van der Waals surface area contributed by atoms with E-state index in [1.807, 2.05) is 35.2 Å². The van der Waals surface area contributed by atoms with Crippen molar-refractivity contribution in [3.63, 3.8) is 0 Å². The van der Waals surface area contributed by atoms with Gasteiger partial charge in [0, 0.05) is 105 Å². The van der Waals surface area contributed by atoms with Gasteiger partial charge in [0.2, 0.25) is 17.6 Å². The molecule has 3 amide bonds. The van der Waals surface area contributed by atoms with Crippen molar-refractivity contribution >= 4 is 56.1 Å². The van der Waals surface area contributed by atoms with Crippen LogP contribution in [0.15, 0.2) is 73.2 Å². The van der Waals surface area contributed by atoms with E-state index in [0.29, 0.717) is 41.9 Å². The van der Waals surface area contributed by atoms with E-state index < -0.39 is 50.9 Å². The zero-order valence-corrected chi connectivity index (χ0v) is 36.2. The molecular formula is C45H49F2N9O7S. The molecule has 0 aliphatic carbocycles. The molecule has 3 aliphatic heterocycles. The number of halogens is 2. The molecule has 19 heteroatoms. The van der Waals surface area contributed by atoms with Crippen LogP contribution in [0.5, 0.6) is 5.75 Å². The lowest BCUT2D eigenvalue weighted by Crippen LogP contribution is -2.48. The summed E-state index contributed by atoms with van der Waals surface area (Å²) in [5.74, 6) is -3.39. The predicted molar refractivity (Wildman–Crippen MR) is 235 cm³/mol. The number of aromatic nitrogens is 3. The Kier molecular flexibility index (Phi) is 13.0. The van der Waals surface area contributed by atoms with E-state index in [2.05, 4.69) is 35.2 Å². The van der Waals surface area contributed by atoms with Gasteiger partial charge in [0.15, 0.2) is 11.9 Å². The summed E-state index contributed by atoms with van der Waals surface area (Å²) in [4.78, 5) is 66.4. The number of carbonyl (C=O) groups is 4. The molecule has 0 bridgehead atoms. The minimum absolute atomic E-state index is 0.0230. The Morgan fingerprint density at radius 1 is 0.922 bits per heavy atom. The molecule has 336 valence electrons. The monoisotopic (exact) mass is 897 g/mol. The predicted octanol–water partition coefficient (Wildman–Crippen LogP) is 4.89. The fourth-order valence-corrected chi connectivity index (χ4v) is 9.27. The Hall–Kier alpha value is -6.31. The van der Waals surface area contributed by atoms with Gasteiger partial charge < -0.3 is 24.8 Å². The molecule has 0 radical (unpaired) electrons. The summed E-state index contributed by atoms with van der Waals surface area (Å²) in [6, 6.07) is 15.3. The topological polar surface area (TPSA) is 199 Å². The second-order valence-corrected chi connectivity index (χ2v) is 18.1. The van der Waals surface area contributed by atoms with Crippen molar-refractivity contribution in [1.29, 1.82) is 0 Å². The Morgan fingerprint density at radius 2 is 1.67 bits per heavy atom. The molecule has 4 N–H and O–H groups in total. The minimum atomic E-state index is -4.14. The fraction of sp³-hybridized carbons (Fsp3) is 0.378. The first-order valence-electron chi connectivity index (χ1n) is 21.3. The van der Waals surface area contributed by atoms with Crippen LogP contribution >= 0.6 is 0 Å². The quantitative estimate of drug-likeness (QED) is 0.0875. The molecular weight excluding hydrogens is 849 g/mol. The number of ketones is 1. The van der Waals surface area contributed by atoms with Crippen molar-refractivity contribution < 1.29 is 41.1 Å². The average molecular weight is 898 g/mol. The first-order valence-corrected chi connectivity index (χ1v) is 22.8. The number of nitrogens with one attached hydrogen (secondary N) is 4. The summed E-state index contributed by atoms with van der Waals surface area (Å²) in [5.41, 5.74) is 2.32. The molecule has 1 unspecified atom stereocenters. The van der Waals surface area contributed by atoms with Crippen LogP contribution in [0.4, 0.5) is 20.2 Å². The first kappa shape index (κ1) is 44.3. The summed E-state index contributed by atoms with van der Waals surface area (Å²) in [5, 5.41) is 6.11. The lowest BCUT2D eigenvalue weighted by atomic mass is 9.93. The lowest BCUT2D eigenvalue weighted by molar-refractivity contribution is -0.139. The van der Waals surface area contributed by atoms with Gasteiger partial charge in [-0.3, -0.25) is 34.2 Å². The zero-order chi connectivity index (χ0) is 45.1. The van der Waals surface area contributed by atoms with Crippen LogP contribution in [0.3, 0.4) is 0 Å². The number of hydrogen-bond donors (Lipinski definition) is 4. The second-order valence-electron chi connectivity index (χ2n) is 16.3. The number of fused-ring (bicyclic) bond motifs is 1. The summed E-state index contributed by atoms with van der Waals surface area (Å²) in [6.45, 7) is 4.86. The number of hydrogen-bond acceptors (Lipinski definition) is 11. The second kappa shape index (κ2) is 18.8. The van der Waals surface area contributed by atoms with Crippen LogP contribution < -0.4 is 25.0 Å². The number of benzene rings is 2. The Labute approximate surface area is 368 Å². The van der Waals surface area contributed by atoms with Crippen LogP contribution in [0.25, 0.3) is 22.2 Å². The third kappa shape index (κ3) is 9.60. The number of H-pyrrole nitrogens is 1. The number of anilines is 2. The van der Waals surface area contributed by atoms with Crippen LogP contribution in [0.1, 0.15) is 73.0 Å². The lowest BCUT2D eigenvalue weighted by Gasteiger charge is -2.35. The molecule has 3 fully saturated rings. The average Bonchev–Trinajstić information content (AvgIpc) is 3.74. The fourth-order valence-electron chi connectivity index (χ4n) is 8.34. The molecule has 5 aromatic rings. The van der Waals surface area contributed by atoms with Crippen LogP contribution in [-0.2, 0) is 24.6 Å². The molecule has 1 atom stereocenters. The largest absolute Gasteiger partial charge is 0.479 e. The molecule has 2 aromatic carbocycles. The van der Waals surface area contributed by atoms with Crippen molar-refractivity contribution in [2.24, 2.45) is 0 Å². The van der Waals surface area contributed by atoms with E-state index in [9.17, 15) is 27.6 Å². The van der Waals surface area contributed by atoms with Crippen molar-refractivity contribution in [2.75, 3.05) is 55.9 Å². The number of imide groups is 1. The van der Waals surface area contributed by atoms with E-state index in [1.54, 1.807) is 31.5 Å². The van der Waals surface area contributed by atoms with E-state index in [-0.39, 0.29) is 48.8 Å². The maximum absolute atomic E-state index is 15.6. The highest BCUT2D eigenvalue weighted by molar-refractivity contribution is 7.90. The number of rotatable bonds is 14. The van der Waals surface area contributed by atoms with Gasteiger partial charge in [0.25, 0.3) is 5.91 Å². The maximum atomic E-state index is 15.6. The highest BCUT2D eigenvalue weighted by atomic mass is 32.2. The van der Waals surface area contributed by atoms with E-state index in [0.717, 1.165) is 72.2 Å². The third-order valence-electron chi connectivity index (χ3n) is 12.3. The third-order valence-corrected chi connectivity index (χ3v) is 13.8. The van der Waals surface area contributed by atoms with Crippen molar-refractivity contribution in [3.05, 3.63) is 102 Å². The number of piperidine rings is 3. The van der Waals surface area contributed by atoms with Gasteiger partial charge in [-0.2, -0.15) is 12.7 Å². The van der Waals surface area contributed by atoms with Gasteiger partial charge >= 0.3 is 10.2 Å². The van der Waals surface area contributed by atoms with E-state index >= 15 is 8.78 Å². The molecule has 16 nitrogen and oxygen atoms in total. The van der Waals surface area contributed by atoms with Gasteiger partial charge in [-0.25, -0.2) is 13.8 Å². The number of carbonyl (C=O) groups excluding carboxylic acids is 4. The maximum Gasteiger partial charge on any atom is 0.301 e. The highest BCUT2D eigenvalue weighted by Crippen LogP contribution is 2.32. The Morgan fingerprint density at radius 3 is 2.36 bits per heavy atom. The summed E-state index contributed by atoms with van der Waals surface area (Å²) < 4.78 is 64.5. The van der Waals surface area contributed by atoms with Gasteiger partial charge in [-0.05, 0) is 73.7 Å². The number of nitrogens with zero attached hydrogens (tertiary/aromatic N) is 5. The number of amides is 3. The molecule has 3 saturated heterocycles. The standard InChI is InChI=1S/C45H49F2N9O7S/c1-3-54(2)64(61,62)53-37-11-9-35(46)41(42(37)47)43(59)34-25-51-44-33(34)22-29(23-50-44)27-4-6-31(7-5-27)55-20-16-30(17-21-55)48-26-40(58)56-18-14-28(15-19-56)36-10-8-32(24-49-36)63-38-12-13-39(57)52-45(38)60/h4-11,22-25,28,30,38,48,53H,3,12-21,26H2,1-2H3,(H,50,51)(H,52,57,60). The number of likely N-dealkylation sites (tertiary alicyclic amines) is 1. The molecule has 0 spiro atoms. The molecule has 6 heterocycles. The zero-order valence-electron chi connectivity index (χ0n) is 35.4. The SMILES string of the molecule is CCN(C)S(=O)(=O)Nc1ccc(F)c(C(=O)c2c[nH]c3ncc(-c4ccc(N5CCC(NCC(=O)N6CCC(c7ccc(OC8CCC(=O)NC8=O)cn7)CC6)CC5)cc4)cc23)c1F. The Bertz CT molecular complexity index is 2670. The molecule has 3 aliphatic rings. The van der Waals surface area contributed by atoms with Gasteiger partial charge in [0.1, 0.15) is 17.2 Å². The van der Waals surface area contributed by atoms with Gasteiger partial charge in [0.05, 0.1) is 24.0 Å². The minimum Gasteiger partial charge on any atom is -0.479 e. The van der Waals surface area contributed by atoms with E-state index in [1.165, 1.54) is 13.2 Å². The van der Waals surface area contributed by atoms with Gasteiger partial charge in [-0.1, -0.05) is 19.1 Å². The van der Waals surface area contributed by atoms with Crippen LogP contribution in [0, 0.1) is 11.6 Å². The highest BCUT2D eigenvalue weighted by Gasteiger charge is 2.30. The molecule has 8 rings (SSSR count). The molecule has 3 aromatic heterocycles. The number of ether oxygens (including phenoxy) is 1. The Balaban J connectivity index is 0.812. The number of pyridine rings is 2.